The van der Waals surface area contributed by atoms with Gasteiger partial charge in [-0.05, 0) is 50.2 Å². The van der Waals surface area contributed by atoms with Crippen molar-refractivity contribution < 1.29 is 13.2 Å². The SMILES string of the molecule is COc1ccccc1Nc1ccc(NS(=O)(=O)c2c(C)n[nH]c2C)cc1. The minimum atomic E-state index is -3.70. The number of ether oxygens (including phenoxy) is 1. The van der Waals surface area contributed by atoms with Crippen LogP contribution >= 0.6 is 0 Å². The number of H-pyrrole nitrogens is 1. The van der Waals surface area contributed by atoms with Gasteiger partial charge >= 0.3 is 0 Å². The maximum atomic E-state index is 12.6. The summed E-state index contributed by atoms with van der Waals surface area (Å²) in [6, 6.07) is 14.5. The van der Waals surface area contributed by atoms with Gasteiger partial charge in [0.1, 0.15) is 10.6 Å². The minimum Gasteiger partial charge on any atom is -0.495 e. The van der Waals surface area contributed by atoms with Crippen molar-refractivity contribution in [2.75, 3.05) is 17.1 Å². The summed E-state index contributed by atoms with van der Waals surface area (Å²) < 4.78 is 33.0. The Kier molecular flexibility index (Phi) is 4.85. The molecular formula is C18H20N4O3S. The van der Waals surface area contributed by atoms with E-state index in [2.05, 4.69) is 20.2 Å². The fraction of sp³-hybridized carbons (Fsp3) is 0.167. The van der Waals surface area contributed by atoms with Gasteiger partial charge in [0.05, 0.1) is 24.2 Å². The van der Waals surface area contributed by atoms with Crippen LogP contribution in [0.3, 0.4) is 0 Å². The molecule has 3 aromatic rings. The highest BCUT2D eigenvalue weighted by Gasteiger charge is 2.22. The third kappa shape index (κ3) is 3.65. The number of hydrogen-bond acceptors (Lipinski definition) is 5. The highest BCUT2D eigenvalue weighted by molar-refractivity contribution is 7.92. The van der Waals surface area contributed by atoms with Gasteiger partial charge in [-0.2, -0.15) is 5.10 Å². The number of aromatic amines is 1. The van der Waals surface area contributed by atoms with E-state index >= 15 is 0 Å². The topological polar surface area (TPSA) is 96.1 Å². The predicted octanol–water partition coefficient (Wildman–Crippen LogP) is 3.58. The number of aryl methyl sites for hydroxylation is 2. The summed E-state index contributed by atoms with van der Waals surface area (Å²) in [7, 11) is -2.09. The normalized spacial score (nSPS) is 11.2. The highest BCUT2D eigenvalue weighted by atomic mass is 32.2. The molecule has 0 amide bonds. The summed E-state index contributed by atoms with van der Waals surface area (Å²) in [5, 5.41) is 9.86. The molecular weight excluding hydrogens is 352 g/mol. The van der Waals surface area contributed by atoms with Gasteiger partial charge in [-0.15, -0.1) is 0 Å². The Hall–Kier alpha value is -3.00. The molecule has 0 saturated heterocycles. The van der Waals surface area contributed by atoms with Gasteiger partial charge in [0.25, 0.3) is 10.0 Å². The molecule has 136 valence electrons. The van der Waals surface area contributed by atoms with Crippen LogP contribution < -0.4 is 14.8 Å². The summed E-state index contributed by atoms with van der Waals surface area (Å²) in [6.07, 6.45) is 0. The van der Waals surface area contributed by atoms with Crippen LogP contribution in [0.4, 0.5) is 17.1 Å². The molecule has 8 heteroatoms. The lowest BCUT2D eigenvalue weighted by Gasteiger charge is -2.12. The summed E-state index contributed by atoms with van der Waals surface area (Å²) in [5.74, 6) is 0.725. The van der Waals surface area contributed by atoms with Crippen molar-refractivity contribution in [3.8, 4) is 5.75 Å². The molecule has 3 rings (SSSR count). The van der Waals surface area contributed by atoms with Crippen LogP contribution in [0.2, 0.25) is 0 Å². The minimum absolute atomic E-state index is 0.175. The number of nitrogens with zero attached hydrogens (tertiary/aromatic N) is 1. The predicted molar refractivity (Wildman–Crippen MR) is 102 cm³/mol. The number of benzene rings is 2. The van der Waals surface area contributed by atoms with Gasteiger partial charge in [0.15, 0.2) is 0 Å². The molecule has 3 N–H and O–H groups in total. The fourth-order valence-corrected chi connectivity index (χ4v) is 4.10. The molecule has 0 fully saturated rings. The summed E-state index contributed by atoms with van der Waals surface area (Å²) in [5.41, 5.74) is 3.05. The van der Waals surface area contributed by atoms with Crippen molar-refractivity contribution in [1.29, 1.82) is 0 Å². The molecule has 0 atom stereocenters. The number of nitrogens with one attached hydrogen (secondary N) is 3. The van der Waals surface area contributed by atoms with Crippen LogP contribution in [0.5, 0.6) is 5.75 Å². The smallest absolute Gasteiger partial charge is 0.265 e. The summed E-state index contributed by atoms with van der Waals surface area (Å²) in [4.78, 5) is 0.175. The Morgan fingerprint density at radius 1 is 1.00 bits per heavy atom. The van der Waals surface area contributed by atoms with Crippen molar-refractivity contribution in [3.63, 3.8) is 0 Å². The maximum Gasteiger partial charge on any atom is 0.265 e. The number of methoxy groups -OCH3 is 1. The van der Waals surface area contributed by atoms with Crippen LogP contribution in [0.1, 0.15) is 11.4 Å². The Balaban J connectivity index is 1.78. The monoisotopic (exact) mass is 372 g/mol. The molecule has 0 spiro atoms. The molecule has 0 aliphatic carbocycles. The first-order valence-corrected chi connectivity index (χ1v) is 9.43. The van der Waals surface area contributed by atoms with Crippen LogP contribution in [-0.4, -0.2) is 25.7 Å². The molecule has 0 bridgehead atoms. The average molecular weight is 372 g/mol. The quantitative estimate of drug-likeness (QED) is 0.615. The molecule has 1 aromatic heterocycles. The lowest BCUT2D eigenvalue weighted by atomic mass is 10.2. The molecule has 2 aromatic carbocycles. The fourth-order valence-electron chi connectivity index (χ4n) is 2.67. The number of rotatable bonds is 6. The molecule has 0 radical (unpaired) electrons. The zero-order valence-electron chi connectivity index (χ0n) is 14.7. The van der Waals surface area contributed by atoms with Crippen molar-refractivity contribution in [2.45, 2.75) is 18.7 Å². The number of aromatic nitrogens is 2. The Morgan fingerprint density at radius 3 is 2.27 bits per heavy atom. The molecule has 0 saturated carbocycles. The van der Waals surface area contributed by atoms with E-state index in [4.69, 9.17) is 4.74 Å². The summed E-state index contributed by atoms with van der Waals surface area (Å²) in [6.45, 7) is 3.33. The number of hydrogen-bond donors (Lipinski definition) is 3. The highest BCUT2D eigenvalue weighted by Crippen LogP contribution is 2.28. The zero-order valence-corrected chi connectivity index (χ0v) is 15.5. The van der Waals surface area contributed by atoms with Crippen LogP contribution in [-0.2, 0) is 10.0 Å². The second kappa shape index (κ2) is 7.09. The van der Waals surface area contributed by atoms with Crippen LogP contribution in [0, 0.1) is 13.8 Å². The molecule has 0 aliphatic heterocycles. The van der Waals surface area contributed by atoms with E-state index in [0.29, 0.717) is 17.1 Å². The molecule has 26 heavy (non-hydrogen) atoms. The van der Waals surface area contributed by atoms with Crippen molar-refractivity contribution in [1.82, 2.24) is 10.2 Å². The van der Waals surface area contributed by atoms with Gasteiger partial charge in [-0.1, -0.05) is 12.1 Å². The molecule has 7 nitrogen and oxygen atoms in total. The number of anilines is 3. The largest absolute Gasteiger partial charge is 0.495 e. The lowest BCUT2D eigenvalue weighted by molar-refractivity contribution is 0.417. The van der Waals surface area contributed by atoms with E-state index in [1.807, 2.05) is 24.3 Å². The van der Waals surface area contributed by atoms with E-state index < -0.39 is 10.0 Å². The van der Waals surface area contributed by atoms with Crippen molar-refractivity contribution >= 4 is 27.1 Å². The Bertz CT molecular complexity index is 992. The Morgan fingerprint density at radius 2 is 1.65 bits per heavy atom. The zero-order chi connectivity index (χ0) is 18.7. The molecule has 0 aliphatic rings. The second-order valence-corrected chi connectivity index (χ2v) is 7.39. The molecule has 1 heterocycles. The first kappa shape index (κ1) is 17.8. The van der Waals surface area contributed by atoms with E-state index in [9.17, 15) is 8.42 Å². The standard InChI is InChI=1S/C18H20N4O3S/c1-12-18(13(2)21-20-12)26(23,24)22-15-10-8-14(9-11-15)19-16-6-4-5-7-17(16)25-3/h4-11,19,22H,1-3H3,(H,20,21). The van der Waals surface area contributed by atoms with Gasteiger partial charge in [0.2, 0.25) is 0 Å². The van der Waals surface area contributed by atoms with Gasteiger partial charge < -0.3 is 10.1 Å². The van der Waals surface area contributed by atoms with E-state index in [1.54, 1.807) is 45.2 Å². The van der Waals surface area contributed by atoms with E-state index in [0.717, 1.165) is 17.1 Å². The first-order chi connectivity index (χ1) is 12.4. The van der Waals surface area contributed by atoms with Crippen LogP contribution in [0.15, 0.2) is 53.4 Å². The third-order valence-corrected chi connectivity index (χ3v) is 5.50. The molecule has 0 unspecified atom stereocenters. The van der Waals surface area contributed by atoms with Crippen molar-refractivity contribution in [2.24, 2.45) is 0 Å². The number of para-hydroxylation sites is 2. The van der Waals surface area contributed by atoms with Crippen molar-refractivity contribution in [3.05, 3.63) is 59.9 Å². The second-order valence-electron chi connectivity index (χ2n) is 5.77. The van der Waals surface area contributed by atoms with E-state index in [-0.39, 0.29) is 4.90 Å². The van der Waals surface area contributed by atoms with Gasteiger partial charge in [0, 0.05) is 11.4 Å². The van der Waals surface area contributed by atoms with Crippen LogP contribution in [0.25, 0.3) is 0 Å². The van der Waals surface area contributed by atoms with E-state index in [1.165, 1.54) is 0 Å². The first-order valence-electron chi connectivity index (χ1n) is 7.95. The number of sulfonamides is 1. The third-order valence-electron chi connectivity index (χ3n) is 3.85. The summed E-state index contributed by atoms with van der Waals surface area (Å²) >= 11 is 0. The maximum absolute atomic E-state index is 12.6. The Labute approximate surface area is 152 Å². The average Bonchev–Trinajstić information content (AvgIpc) is 2.96. The van der Waals surface area contributed by atoms with Gasteiger partial charge in [-0.3, -0.25) is 9.82 Å². The van der Waals surface area contributed by atoms with Gasteiger partial charge in [-0.25, -0.2) is 8.42 Å². The lowest BCUT2D eigenvalue weighted by Crippen LogP contribution is -2.14.